The molecule has 1 aliphatic carbocycles. The van der Waals surface area contributed by atoms with E-state index in [1.54, 1.807) is 4.90 Å². The standard InChI is InChI=1S/C17H19N5O/c1-10(2)15-14-7-22(11(3)23)5-4-12(14)13(6-18)16(21)17(15,8-19)9-20/h4,10,14-15H,5,7,21H2,1-3H3. The summed E-state index contributed by atoms with van der Waals surface area (Å²) in [6.07, 6.45) is 1.83. The lowest BCUT2D eigenvalue weighted by Crippen LogP contribution is -2.51. The van der Waals surface area contributed by atoms with Crippen LogP contribution < -0.4 is 5.73 Å². The quantitative estimate of drug-likeness (QED) is 0.786. The predicted molar refractivity (Wildman–Crippen MR) is 82.6 cm³/mol. The number of nitriles is 3. The molecule has 118 valence electrons. The van der Waals surface area contributed by atoms with Crippen molar-refractivity contribution in [1.82, 2.24) is 4.90 Å². The first-order valence-corrected chi connectivity index (χ1v) is 7.52. The second-order valence-corrected chi connectivity index (χ2v) is 6.39. The van der Waals surface area contributed by atoms with E-state index in [0.717, 1.165) is 5.57 Å². The van der Waals surface area contributed by atoms with Crippen LogP contribution in [-0.4, -0.2) is 23.9 Å². The molecule has 6 nitrogen and oxygen atoms in total. The second kappa shape index (κ2) is 5.78. The van der Waals surface area contributed by atoms with Crippen molar-refractivity contribution >= 4 is 5.91 Å². The summed E-state index contributed by atoms with van der Waals surface area (Å²) in [5, 5.41) is 28.9. The van der Waals surface area contributed by atoms with E-state index in [1.807, 2.05) is 19.9 Å². The Morgan fingerprint density at radius 3 is 2.43 bits per heavy atom. The molecular weight excluding hydrogens is 290 g/mol. The van der Waals surface area contributed by atoms with Crippen molar-refractivity contribution in [2.75, 3.05) is 13.1 Å². The number of rotatable bonds is 1. The molecule has 2 rings (SSSR count). The van der Waals surface area contributed by atoms with Crippen LogP contribution in [-0.2, 0) is 4.79 Å². The molecule has 0 aromatic rings. The van der Waals surface area contributed by atoms with Crippen molar-refractivity contribution in [3.63, 3.8) is 0 Å². The molecule has 2 N–H and O–H groups in total. The average molecular weight is 309 g/mol. The van der Waals surface area contributed by atoms with Crippen LogP contribution in [0.4, 0.5) is 0 Å². The fraction of sp³-hybridized carbons (Fsp3) is 0.529. The summed E-state index contributed by atoms with van der Waals surface area (Å²) in [4.78, 5) is 13.4. The van der Waals surface area contributed by atoms with Gasteiger partial charge in [0.25, 0.3) is 0 Å². The van der Waals surface area contributed by atoms with Crippen LogP contribution >= 0.6 is 0 Å². The molecular formula is C17H19N5O. The molecule has 2 aliphatic rings. The zero-order valence-electron chi connectivity index (χ0n) is 13.5. The highest BCUT2D eigenvalue weighted by Gasteiger charge is 2.54. The third kappa shape index (κ3) is 2.26. The Morgan fingerprint density at radius 2 is 2.00 bits per heavy atom. The highest BCUT2D eigenvalue weighted by atomic mass is 16.2. The first-order valence-electron chi connectivity index (χ1n) is 7.52. The van der Waals surface area contributed by atoms with E-state index in [2.05, 4.69) is 18.2 Å². The number of nitrogens with zero attached hydrogens (tertiary/aromatic N) is 4. The van der Waals surface area contributed by atoms with Gasteiger partial charge in [0.2, 0.25) is 5.91 Å². The lowest BCUT2D eigenvalue weighted by molar-refractivity contribution is -0.129. The number of carbonyl (C=O) groups is 1. The van der Waals surface area contributed by atoms with Gasteiger partial charge < -0.3 is 10.6 Å². The summed E-state index contributed by atoms with van der Waals surface area (Å²) >= 11 is 0. The molecule has 0 saturated heterocycles. The fourth-order valence-electron chi connectivity index (χ4n) is 3.84. The number of nitrogens with two attached hydrogens (primary N) is 1. The first kappa shape index (κ1) is 16.6. The molecule has 2 unspecified atom stereocenters. The minimum atomic E-state index is -1.54. The zero-order valence-corrected chi connectivity index (χ0v) is 13.5. The van der Waals surface area contributed by atoms with Gasteiger partial charge in [0.05, 0.1) is 23.4 Å². The summed E-state index contributed by atoms with van der Waals surface area (Å²) < 4.78 is 0. The smallest absolute Gasteiger partial charge is 0.219 e. The first-order chi connectivity index (χ1) is 10.8. The number of hydrogen-bond donors (Lipinski definition) is 1. The topological polar surface area (TPSA) is 118 Å². The van der Waals surface area contributed by atoms with E-state index in [9.17, 15) is 20.6 Å². The van der Waals surface area contributed by atoms with E-state index < -0.39 is 5.41 Å². The minimum Gasteiger partial charge on any atom is -0.399 e. The number of allylic oxidation sites excluding steroid dienone is 2. The lowest BCUT2D eigenvalue weighted by atomic mass is 9.57. The minimum absolute atomic E-state index is 0.00611. The van der Waals surface area contributed by atoms with Gasteiger partial charge in [-0.05, 0) is 11.5 Å². The van der Waals surface area contributed by atoms with Gasteiger partial charge in [-0.1, -0.05) is 19.9 Å². The van der Waals surface area contributed by atoms with Crippen molar-refractivity contribution in [3.8, 4) is 18.2 Å². The van der Waals surface area contributed by atoms with Crippen molar-refractivity contribution in [3.05, 3.63) is 22.9 Å². The lowest BCUT2D eigenvalue weighted by Gasteiger charge is -2.47. The molecule has 0 aromatic carbocycles. The average Bonchev–Trinajstić information content (AvgIpc) is 2.53. The van der Waals surface area contributed by atoms with Crippen LogP contribution in [0.1, 0.15) is 20.8 Å². The van der Waals surface area contributed by atoms with Crippen LogP contribution in [0.25, 0.3) is 0 Å². The van der Waals surface area contributed by atoms with Crippen LogP contribution in [0.3, 0.4) is 0 Å². The summed E-state index contributed by atoms with van der Waals surface area (Å²) in [6.45, 7) is 6.17. The summed E-state index contributed by atoms with van der Waals surface area (Å²) in [7, 11) is 0. The molecule has 0 aromatic heterocycles. The Balaban J connectivity index is 2.74. The van der Waals surface area contributed by atoms with E-state index in [0.29, 0.717) is 13.1 Å². The molecule has 1 amide bonds. The SMILES string of the molecule is CC(=O)N1CC=C2C(C#N)=C(N)C(C#N)(C#N)C(C(C)C)C2C1. The van der Waals surface area contributed by atoms with Gasteiger partial charge in [-0.25, -0.2) is 0 Å². The van der Waals surface area contributed by atoms with Gasteiger partial charge in [-0.15, -0.1) is 0 Å². The monoisotopic (exact) mass is 309 g/mol. The van der Waals surface area contributed by atoms with E-state index in [4.69, 9.17) is 5.73 Å². The number of amides is 1. The van der Waals surface area contributed by atoms with E-state index in [-0.39, 0.29) is 34.9 Å². The predicted octanol–water partition coefficient (Wildman–Crippen LogP) is 1.45. The summed E-state index contributed by atoms with van der Waals surface area (Å²) in [6, 6.07) is 6.19. The van der Waals surface area contributed by atoms with Crippen LogP contribution in [0.2, 0.25) is 0 Å². The number of carbonyl (C=O) groups excluding carboxylic acids is 1. The van der Waals surface area contributed by atoms with Crippen molar-refractivity contribution in [2.45, 2.75) is 20.8 Å². The van der Waals surface area contributed by atoms with Gasteiger partial charge >= 0.3 is 0 Å². The van der Waals surface area contributed by atoms with E-state index in [1.165, 1.54) is 6.92 Å². The van der Waals surface area contributed by atoms with Crippen LogP contribution in [0.5, 0.6) is 0 Å². The maximum atomic E-state index is 11.7. The fourth-order valence-corrected chi connectivity index (χ4v) is 3.84. The molecule has 6 heteroatoms. The molecule has 1 heterocycles. The summed E-state index contributed by atoms with van der Waals surface area (Å²) in [5.41, 5.74) is 5.60. The van der Waals surface area contributed by atoms with Gasteiger partial charge in [-0.2, -0.15) is 15.8 Å². The Bertz CT molecular complexity index is 712. The molecule has 2 atom stereocenters. The highest BCUT2D eigenvalue weighted by Crippen LogP contribution is 2.51. The van der Waals surface area contributed by atoms with Gasteiger partial charge in [0.15, 0.2) is 5.41 Å². The second-order valence-electron chi connectivity index (χ2n) is 6.39. The highest BCUT2D eigenvalue weighted by molar-refractivity contribution is 5.74. The Labute approximate surface area is 136 Å². The molecule has 0 spiro atoms. The van der Waals surface area contributed by atoms with Crippen LogP contribution in [0.15, 0.2) is 22.9 Å². The normalized spacial score (nSPS) is 25.8. The molecule has 23 heavy (non-hydrogen) atoms. The van der Waals surface area contributed by atoms with Gasteiger partial charge in [0, 0.05) is 31.8 Å². The van der Waals surface area contributed by atoms with Gasteiger partial charge in [0.1, 0.15) is 6.07 Å². The van der Waals surface area contributed by atoms with Crippen molar-refractivity contribution < 1.29 is 4.79 Å². The van der Waals surface area contributed by atoms with Crippen LogP contribution in [0, 0.1) is 57.2 Å². The summed E-state index contributed by atoms with van der Waals surface area (Å²) in [5.74, 6) is -0.686. The van der Waals surface area contributed by atoms with E-state index >= 15 is 0 Å². The zero-order chi connectivity index (χ0) is 17.4. The van der Waals surface area contributed by atoms with Crippen molar-refractivity contribution in [1.29, 1.82) is 15.8 Å². The maximum absolute atomic E-state index is 11.7. The molecule has 0 saturated carbocycles. The largest absolute Gasteiger partial charge is 0.399 e. The molecule has 1 aliphatic heterocycles. The van der Waals surface area contributed by atoms with Crippen molar-refractivity contribution in [2.24, 2.45) is 28.9 Å². The number of hydrogen-bond acceptors (Lipinski definition) is 5. The Hall–Kier alpha value is -2.78. The molecule has 0 bridgehead atoms. The Morgan fingerprint density at radius 1 is 1.39 bits per heavy atom. The Kier molecular flexibility index (Phi) is 4.17. The third-order valence-corrected chi connectivity index (χ3v) is 4.89. The molecule has 0 fully saturated rings. The van der Waals surface area contributed by atoms with Gasteiger partial charge in [-0.3, -0.25) is 4.79 Å². The maximum Gasteiger partial charge on any atom is 0.219 e. The third-order valence-electron chi connectivity index (χ3n) is 4.89. The molecule has 0 radical (unpaired) electrons. The number of fused-ring (bicyclic) bond motifs is 1.